The number of nitrogens with zero attached hydrogens (tertiary/aromatic N) is 1. The summed E-state index contributed by atoms with van der Waals surface area (Å²) in [6.07, 6.45) is 8.57. The predicted molar refractivity (Wildman–Crippen MR) is 70.3 cm³/mol. The molecule has 1 aliphatic rings. The molecule has 1 N–H and O–H groups in total. The Kier molecular flexibility index (Phi) is 5.87. The van der Waals surface area contributed by atoms with Crippen LogP contribution in [-0.4, -0.2) is 36.6 Å². The fourth-order valence-corrected chi connectivity index (χ4v) is 2.47. The fourth-order valence-electron chi connectivity index (χ4n) is 2.47. The lowest BCUT2D eigenvalue weighted by atomic mass is 9.97. The molecule has 0 spiro atoms. The third-order valence-electron chi connectivity index (χ3n) is 3.57. The Morgan fingerprint density at radius 2 is 2.25 bits per heavy atom. The van der Waals surface area contributed by atoms with Crippen LogP contribution in [0.25, 0.3) is 0 Å². The lowest BCUT2D eigenvalue weighted by molar-refractivity contribution is 0.0964. The van der Waals surface area contributed by atoms with E-state index in [1.807, 2.05) is 0 Å². The zero-order valence-corrected chi connectivity index (χ0v) is 11.0. The summed E-state index contributed by atoms with van der Waals surface area (Å²) in [5, 5.41) is 3.64. The van der Waals surface area contributed by atoms with Crippen LogP contribution >= 0.6 is 0 Å². The number of unbranched alkanes of at least 4 members (excludes halogenated alkanes) is 1. The van der Waals surface area contributed by atoms with Gasteiger partial charge in [0.1, 0.15) is 0 Å². The Balaban J connectivity index is 2.47. The quantitative estimate of drug-likeness (QED) is 0.566. The van der Waals surface area contributed by atoms with Crippen LogP contribution in [0.1, 0.15) is 40.0 Å². The number of hydrogen-bond acceptors (Lipinski definition) is 2. The fraction of sp³-hybridized carbons (Fsp3) is 0.857. The molecule has 0 radical (unpaired) electrons. The van der Waals surface area contributed by atoms with Crippen molar-refractivity contribution in [3.63, 3.8) is 0 Å². The summed E-state index contributed by atoms with van der Waals surface area (Å²) in [7, 11) is 0. The van der Waals surface area contributed by atoms with Crippen LogP contribution in [0.5, 0.6) is 0 Å². The van der Waals surface area contributed by atoms with Gasteiger partial charge in [0, 0.05) is 31.6 Å². The largest absolute Gasteiger partial charge is 0.311 e. The minimum Gasteiger partial charge on any atom is -0.311 e. The Bertz CT molecular complexity index is 229. The normalized spacial score (nSPS) is 26.9. The molecule has 0 aromatic rings. The lowest BCUT2D eigenvalue weighted by Gasteiger charge is -2.42. The molecule has 1 saturated heterocycles. The topological polar surface area (TPSA) is 15.3 Å². The van der Waals surface area contributed by atoms with Crippen molar-refractivity contribution >= 4 is 0 Å². The first-order valence-corrected chi connectivity index (χ1v) is 6.59. The Labute approximate surface area is 101 Å². The van der Waals surface area contributed by atoms with E-state index in [-0.39, 0.29) is 0 Å². The summed E-state index contributed by atoms with van der Waals surface area (Å²) in [5.74, 6) is 3.45. The van der Waals surface area contributed by atoms with Crippen molar-refractivity contribution in [1.82, 2.24) is 10.2 Å². The number of hydrogen-bond donors (Lipinski definition) is 1. The molecule has 2 unspecified atom stereocenters. The second kappa shape index (κ2) is 6.93. The van der Waals surface area contributed by atoms with E-state index >= 15 is 0 Å². The van der Waals surface area contributed by atoms with Gasteiger partial charge in [-0.05, 0) is 25.3 Å². The van der Waals surface area contributed by atoms with Crippen LogP contribution in [0.4, 0.5) is 0 Å². The average molecular weight is 222 g/mol. The van der Waals surface area contributed by atoms with Crippen LogP contribution in [0.3, 0.4) is 0 Å². The average Bonchev–Trinajstić information content (AvgIpc) is 2.29. The minimum absolute atomic E-state index is 0.667. The van der Waals surface area contributed by atoms with E-state index in [1.165, 1.54) is 13.0 Å². The smallest absolute Gasteiger partial charge is 0.0244 e. The molecule has 0 aromatic carbocycles. The van der Waals surface area contributed by atoms with Gasteiger partial charge in [-0.3, -0.25) is 4.90 Å². The van der Waals surface area contributed by atoms with Gasteiger partial charge in [0.05, 0.1) is 0 Å². The maximum Gasteiger partial charge on any atom is 0.0244 e. The number of terminal acetylenes is 1. The highest BCUT2D eigenvalue weighted by Crippen LogP contribution is 2.16. The first kappa shape index (κ1) is 13.5. The van der Waals surface area contributed by atoms with Crippen molar-refractivity contribution in [2.45, 2.75) is 52.1 Å². The monoisotopic (exact) mass is 222 g/mol. The van der Waals surface area contributed by atoms with Crippen LogP contribution < -0.4 is 5.32 Å². The molecule has 1 rings (SSSR count). The van der Waals surface area contributed by atoms with Gasteiger partial charge in [-0.2, -0.15) is 0 Å². The van der Waals surface area contributed by atoms with Crippen molar-refractivity contribution in [3.05, 3.63) is 0 Å². The molecule has 0 saturated carbocycles. The molecule has 2 atom stereocenters. The number of piperazine rings is 1. The van der Waals surface area contributed by atoms with Crippen molar-refractivity contribution in [1.29, 1.82) is 0 Å². The zero-order valence-electron chi connectivity index (χ0n) is 11.0. The van der Waals surface area contributed by atoms with Crippen molar-refractivity contribution < 1.29 is 0 Å². The van der Waals surface area contributed by atoms with Crippen molar-refractivity contribution in [2.75, 3.05) is 19.6 Å². The molecule has 0 bridgehead atoms. The summed E-state index contributed by atoms with van der Waals surface area (Å²) < 4.78 is 0. The second-order valence-corrected chi connectivity index (χ2v) is 5.13. The van der Waals surface area contributed by atoms with Gasteiger partial charge in [0.2, 0.25) is 0 Å². The van der Waals surface area contributed by atoms with Gasteiger partial charge in [0.15, 0.2) is 0 Å². The molecule has 2 nitrogen and oxygen atoms in total. The third-order valence-corrected chi connectivity index (χ3v) is 3.57. The van der Waals surface area contributed by atoms with E-state index in [4.69, 9.17) is 6.42 Å². The predicted octanol–water partition coefficient (Wildman–Crippen LogP) is 2.11. The third kappa shape index (κ3) is 3.81. The van der Waals surface area contributed by atoms with E-state index in [1.54, 1.807) is 0 Å². The summed E-state index contributed by atoms with van der Waals surface area (Å²) in [5.41, 5.74) is 0. The SMILES string of the molecule is C#CCCCN1CC(CC)NCC1C(C)C. The highest BCUT2D eigenvalue weighted by atomic mass is 15.2. The molecule has 1 aliphatic heterocycles. The number of nitrogens with one attached hydrogen (secondary N) is 1. The van der Waals surface area contributed by atoms with Gasteiger partial charge in [-0.25, -0.2) is 0 Å². The van der Waals surface area contributed by atoms with Crippen molar-refractivity contribution in [3.8, 4) is 12.3 Å². The van der Waals surface area contributed by atoms with E-state index in [0.29, 0.717) is 12.1 Å². The van der Waals surface area contributed by atoms with Crippen molar-refractivity contribution in [2.24, 2.45) is 5.92 Å². The molecule has 1 fully saturated rings. The van der Waals surface area contributed by atoms with Crippen LogP contribution in [-0.2, 0) is 0 Å². The van der Waals surface area contributed by atoms with E-state index < -0.39 is 0 Å². The summed E-state index contributed by atoms with van der Waals surface area (Å²) in [6.45, 7) is 10.4. The van der Waals surface area contributed by atoms with E-state index in [9.17, 15) is 0 Å². The van der Waals surface area contributed by atoms with E-state index in [2.05, 4.69) is 36.9 Å². The first-order valence-electron chi connectivity index (χ1n) is 6.59. The molecular formula is C14H26N2. The molecular weight excluding hydrogens is 196 g/mol. The Morgan fingerprint density at radius 1 is 1.50 bits per heavy atom. The summed E-state index contributed by atoms with van der Waals surface area (Å²) in [6, 6.07) is 1.35. The molecule has 92 valence electrons. The summed E-state index contributed by atoms with van der Waals surface area (Å²) in [4.78, 5) is 2.63. The van der Waals surface area contributed by atoms with Crippen LogP contribution in [0, 0.1) is 18.3 Å². The van der Waals surface area contributed by atoms with Gasteiger partial charge in [-0.15, -0.1) is 12.3 Å². The Morgan fingerprint density at radius 3 is 2.81 bits per heavy atom. The summed E-state index contributed by atoms with van der Waals surface area (Å²) >= 11 is 0. The molecule has 1 heterocycles. The maximum absolute atomic E-state index is 5.31. The molecule has 16 heavy (non-hydrogen) atoms. The van der Waals surface area contributed by atoms with Crippen LogP contribution in [0.2, 0.25) is 0 Å². The van der Waals surface area contributed by atoms with Gasteiger partial charge in [0.25, 0.3) is 0 Å². The maximum atomic E-state index is 5.31. The minimum atomic E-state index is 0.667. The first-order chi connectivity index (χ1) is 7.69. The standard InChI is InChI=1S/C14H26N2/c1-5-7-8-9-16-11-13(6-2)15-10-14(16)12(3)4/h1,12-15H,6-11H2,2-4H3. The molecule has 0 aliphatic carbocycles. The lowest BCUT2D eigenvalue weighted by Crippen LogP contribution is -2.58. The second-order valence-electron chi connectivity index (χ2n) is 5.13. The highest BCUT2D eigenvalue weighted by Gasteiger charge is 2.28. The molecule has 2 heteroatoms. The molecule has 0 aromatic heterocycles. The van der Waals surface area contributed by atoms with Gasteiger partial charge < -0.3 is 5.32 Å². The van der Waals surface area contributed by atoms with Crippen LogP contribution in [0.15, 0.2) is 0 Å². The van der Waals surface area contributed by atoms with E-state index in [0.717, 1.165) is 31.8 Å². The number of rotatable bonds is 5. The van der Waals surface area contributed by atoms with Gasteiger partial charge >= 0.3 is 0 Å². The Hall–Kier alpha value is -0.520. The molecule has 0 amide bonds. The zero-order chi connectivity index (χ0) is 12.0. The van der Waals surface area contributed by atoms with Gasteiger partial charge in [-0.1, -0.05) is 20.8 Å². The highest BCUT2D eigenvalue weighted by molar-refractivity contribution is 4.89.